The molecule has 3 unspecified atom stereocenters. The monoisotopic (exact) mass is 377 g/mol. The largest absolute Gasteiger partial charge is 0.284 e. The van der Waals surface area contributed by atoms with E-state index in [0.717, 1.165) is 15.9 Å². The van der Waals surface area contributed by atoms with Crippen molar-refractivity contribution in [2.24, 2.45) is 23.2 Å². The number of hydrogen-bond donors (Lipinski definition) is 0. The molecule has 1 saturated carbocycles. The van der Waals surface area contributed by atoms with Gasteiger partial charge in [-0.05, 0) is 30.3 Å². The van der Waals surface area contributed by atoms with E-state index in [1.165, 1.54) is 0 Å². The van der Waals surface area contributed by atoms with Crippen molar-refractivity contribution in [3.05, 3.63) is 89.1 Å². The molecule has 1 aromatic rings. The van der Waals surface area contributed by atoms with Crippen LogP contribution in [0, 0.1) is 23.2 Å². The molecule has 3 heteroatoms. The summed E-state index contributed by atoms with van der Waals surface area (Å²) >= 11 is 3.48. The summed E-state index contributed by atoms with van der Waals surface area (Å²) < 4.78 is 1.02. The second kappa shape index (κ2) is 4.93. The minimum absolute atomic E-state index is 0.131. The van der Waals surface area contributed by atoms with Crippen LogP contribution in [-0.2, 0) is 4.79 Å². The Labute approximate surface area is 149 Å². The fraction of sp³-hybridized carbons (Fsp3) is 0.190. The van der Waals surface area contributed by atoms with Crippen molar-refractivity contribution in [2.45, 2.75) is 0 Å². The highest BCUT2D eigenvalue weighted by molar-refractivity contribution is 9.10. The van der Waals surface area contributed by atoms with Crippen molar-refractivity contribution >= 4 is 27.5 Å². The molecule has 3 aliphatic carbocycles. The van der Waals surface area contributed by atoms with Gasteiger partial charge in [-0.25, -0.2) is 0 Å². The molecule has 4 aliphatic rings. The van der Waals surface area contributed by atoms with Crippen LogP contribution in [0.4, 0.5) is 5.69 Å². The third kappa shape index (κ3) is 1.68. The molecule has 0 radical (unpaired) electrons. The molecule has 118 valence electrons. The molecule has 2 fully saturated rings. The number of nitrogens with zero attached hydrogens (tertiary/aromatic N) is 1. The van der Waals surface area contributed by atoms with Gasteiger partial charge >= 0.3 is 0 Å². The molecule has 1 heterocycles. The van der Waals surface area contributed by atoms with Crippen LogP contribution >= 0.6 is 15.9 Å². The van der Waals surface area contributed by atoms with Gasteiger partial charge in [-0.3, -0.25) is 9.69 Å². The molecule has 2 nitrogen and oxygen atoms in total. The lowest BCUT2D eigenvalue weighted by molar-refractivity contribution is -0.122. The zero-order valence-electron chi connectivity index (χ0n) is 13.0. The Bertz CT molecular complexity index is 854. The van der Waals surface area contributed by atoms with Gasteiger partial charge in [-0.15, -0.1) is 0 Å². The molecule has 1 aromatic carbocycles. The fourth-order valence-electron chi connectivity index (χ4n) is 4.60. The standard InChI is InChI=1S/C21H16BrNO/c22-14-10-12-15(13-11-14)23-19-9-3-1-2-8-18(19)21(20(23)24)16-6-4-5-7-17(16)21/h1-13,16-18H. The predicted octanol–water partition coefficient (Wildman–Crippen LogP) is 4.78. The first-order valence-electron chi connectivity index (χ1n) is 8.25. The Balaban J connectivity index is 1.68. The average Bonchev–Trinajstić information content (AvgIpc) is 3.27. The number of halogens is 1. The Morgan fingerprint density at radius 1 is 0.875 bits per heavy atom. The topological polar surface area (TPSA) is 20.3 Å². The van der Waals surface area contributed by atoms with E-state index in [9.17, 15) is 4.79 Å². The third-order valence-electron chi connectivity index (χ3n) is 5.67. The number of hydrogen-bond acceptors (Lipinski definition) is 1. The molecule has 1 aliphatic heterocycles. The number of rotatable bonds is 1. The van der Waals surface area contributed by atoms with Gasteiger partial charge in [0.1, 0.15) is 0 Å². The van der Waals surface area contributed by atoms with Gasteiger partial charge in [0.15, 0.2) is 0 Å². The van der Waals surface area contributed by atoms with Crippen LogP contribution < -0.4 is 4.90 Å². The summed E-state index contributed by atoms with van der Waals surface area (Å²) in [5.74, 6) is 0.983. The van der Waals surface area contributed by atoms with Crippen LogP contribution in [-0.4, -0.2) is 5.91 Å². The van der Waals surface area contributed by atoms with Crippen molar-refractivity contribution in [1.82, 2.24) is 0 Å². The van der Waals surface area contributed by atoms with E-state index >= 15 is 0 Å². The van der Waals surface area contributed by atoms with Gasteiger partial charge in [0.05, 0.1) is 5.41 Å². The molecule has 24 heavy (non-hydrogen) atoms. The SMILES string of the molecule is O=C1N(c2ccc(Br)cc2)C2=CC=CC=CC2C12C1C=CC=CC12. The lowest BCUT2D eigenvalue weighted by Crippen LogP contribution is -2.28. The van der Waals surface area contributed by atoms with Crippen molar-refractivity contribution < 1.29 is 4.79 Å². The van der Waals surface area contributed by atoms with Gasteiger partial charge in [0, 0.05) is 33.6 Å². The molecule has 0 bridgehead atoms. The number of carbonyl (C=O) groups excluding carboxylic acids is 1. The third-order valence-corrected chi connectivity index (χ3v) is 6.20. The molecular weight excluding hydrogens is 362 g/mol. The molecule has 1 saturated heterocycles. The van der Waals surface area contributed by atoms with Crippen LogP contribution in [0.25, 0.3) is 0 Å². The summed E-state index contributed by atoms with van der Waals surface area (Å²) in [5.41, 5.74) is 1.69. The number of allylic oxidation sites excluding steroid dienone is 9. The van der Waals surface area contributed by atoms with E-state index in [4.69, 9.17) is 0 Å². The maximum Gasteiger partial charge on any atom is 0.239 e. The predicted molar refractivity (Wildman–Crippen MR) is 99.2 cm³/mol. The summed E-state index contributed by atoms with van der Waals surface area (Å²) in [6, 6.07) is 8.00. The minimum atomic E-state index is -0.342. The van der Waals surface area contributed by atoms with E-state index in [1.807, 2.05) is 41.3 Å². The number of fused-ring (bicyclic) bond motifs is 5. The quantitative estimate of drug-likeness (QED) is 0.689. The van der Waals surface area contributed by atoms with E-state index in [0.29, 0.717) is 11.8 Å². The van der Waals surface area contributed by atoms with Gasteiger partial charge < -0.3 is 0 Å². The van der Waals surface area contributed by atoms with E-state index in [2.05, 4.69) is 58.5 Å². The summed E-state index contributed by atoms with van der Waals surface area (Å²) in [6.45, 7) is 0. The lowest BCUT2D eigenvalue weighted by Gasteiger charge is -2.19. The fourth-order valence-corrected chi connectivity index (χ4v) is 4.87. The normalized spacial score (nSPS) is 35.0. The number of anilines is 1. The van der Waals surface area contributed by atoms with Crippen molar-refractivity contribution in [3.63, 3.8) is 0 Å². The lowest BCUT2D eigenvalue weighted by atomic mass is 9.86. The zero-order chi connectivity index (χ0) is 16.3. The Morgan fingerprint density at radius 2 is 1.54 bits per heavy atom. The first kappa shape index (κ1) is 14.2. The summed E-state index contributed by atoms with van der Waals surface area (Å²) in [4.78, 5) is 15.5. The van der Waals surface area contributed by atoms with Crippen molar-refractivity contribution in [3.8, 4) is 0 Å². The van der Waals surface area contributed by atoms with Crippen molar-refractivity contribution in [2.75, 3.05) is 4.90 Å². The van der Waals surface area contributed by atoms with Gasteiger partial charge in [-0.1, -0.05) is 64.5 Å². The highest BCUT2D eigenvalue weighted by Crippen LogP contribution is 2.71. The maximum atomic E-state index is 13.6. The van der Waals surface area contributed by atoms with E-state index in [-0.39, 0.29) is 17.2 Å². The molecule has 5 rings (SSSR count). The highest BCUT2D eigenvalue weighted by Gasteiger charge is 2.75. The first-order chi connectivity index (χ1) is 11.7. The van der Waals surface area contributed by atoms with E-state index in [1.54, 1.807) is 0 Å². The minimum Gasteiger partial charge on any atom is -0.284 e. The van der Waals surface area contributed by atoms with Crippen molar-refractivity contribution in [1.29, 1.82) is 0 Å². The van der Waals surface area contributed by atoms with Crippen LogP contribution in [0.5, 0.6) is 0 Å². The summed E-state index contributed by atoms with van der Waals surface area (Å²) in [7, 11) is 0. The zero-order valence-corrected chi connectivity index (χ0v) is 14.6. The molecule has 3 atom stereocenters. The van der Waals surface area contributed by atoms with Crippen LogP contribution in [0.15, 0.2) is 89.1 Å². The number of carbonyl (C=O) groups is 1. The highest BCUT2D eigenvalue weighted by atomic mass is 79.9. The summed E-state index contributed by atoms with van der Waals surface area (Å²) in [6.07, 6.45) is 19.0. The molecule has 1 spiro atoms. The second-order valence-electron chi connectivity index (χ2n) is 6.71. The Morgan fingerprint density at radius 3 is 2.25 bits per heavy atom. The van der Waals surface area contributed by atoms with Gasteiger partial charge in [-0.2, -0.15) is 0 Å². The Hall–Kier alpha value is -2.13. The van der Waals surface area contributed by atoms with Crippen LogP contribution in [0.1, 0.15) is 0 Å². The molecule has 0 aromatic heterocycles. The second-order valence-corrected chi connectivity index (χ2v) is 7.63. The summed E-state index contributed by atoms with van der Waals surface area (Å²) in [5, 5.41) is 0. The molecular formula is C21H16BrNO. The van der Waals surface area contributed by atoms with Crippen LogP contribution in [0.3, 0.4) is 0 Å². The maximum absolute atomic E-state index is 13.6. The molecule has 0 N–H and O–H groups in total. The average molecular weight is 378 g/mol. The molecule has 1 amide bonds. The smallest absolute Gasteiger partial charge is 0.239 e. The van der Waals surface area contributed by atoms with E-state index < -0.39 is 0 Å². The van der Waals surface area contributed by atoms with Gasteiger partial charge in [0.2, 0.25) is 5.91 Å². The van der Waals surface area contributed by atoms with Crippen LogP contribution in [0.2, 0.25) is 0 Å². The first-order valence-corrected chi connectivity index (χ1v) is 9.04. The van der Waals surface area contributed by atoms with Gasteiger partial charge in [0.25, 0.3) is 0 Å². The number of amides is 1. The Kier molecular flexibility index (Phi) is 2.93. The number of benzene rings is 1.